The lowest BCUT2D eigenvalue weighted by Gasteiger charge is -2.41. The predicted octanol–water partition coefficient (Wildman–Crippen LogP) is 1.62. The Labute approximate surface area is 194 Å². The highest BCUT2D eigenvalue weighted by Crippen LogP contribution is 2.15. The Bertz CT molecular complexity index is 952. The molecule has 2 aromatic rings. The molecule has 3 atom stereocenters. The zero-order valence-corrected chi connectivity index (χ0v) is 18.8. The molecule has 2 N–H and O–H groups in total. The van der Waals surface area contributed by atoms with Crippen molar-refractivity contribution >= 4 is 0 Å². The Kier molecular flexibility index (Phi) is 9.05. The van der Waals surface area contributed by atoms with Crippen LogP contribution in [0.3, 0.4) is 0 Å². The number of aliphatic hydroxyl groups is 2. The Hall–Kier alpha value is -3.14. The minimum Gasteiger partial charge on any atom is -0.491 e. The van der Waals surface area contributed by atoms with Gasteiger partial charge in [0, 0.05) is 38.8 Å². The Morgan fingerprint density at radius 2 is 1.33 bits per heavy atom. The highest BCUT2D eigenvalue weighted by atomic mass is 16.5. The fraction of sp³-hybridized carbons (Fsp3) is 0.440. The van der Waals surface area contributed by atoms with Crippen molar-refractivity contribution < 1.29 is 19.7 Å². The quantitative estimate of drug-likeness (QED) is 0.561. The van der Waals surface area contributed by atoms with Gasteiger partial charge in [0.2, 0.25) is 0 Å². The lowest BCUT2D eigenvalue weighted by Crippen LogP contribution is -2.55. The van der Waals surface area contributed by atoms with Crippen LogP contribution in [0.2, 0.25) is 0 Å². The SMILES string of the molecule is C[C@@H]1CN(C[C@@H](O)COc2ccc(C#N)cc2)CCN1C[C@@H](O)COc1ccc(C#N)cc1. The molecule has 33 heavy (non-hydrogen) atoms. The van der Waals surface area contributed by atoms with Crippen LogP contribution in [0.4, 0.5) is 0 Å². The molecule has 0 aliphatic carbocycles. The lowest BCUT2D eigenvalue weighted by atomic mass is 10.1. The molecule has 1 saturated heterocycles. The van der Waals surface area contributed by atoms with E-state index in [2.05, 4.69) is 28.9 Å². The smallest absolute Gasteiger partial charge is 0.119 e. The van der Waals surface area contributed by atoms with Gasteiger partial charge in [-0.25, -0.2) is 0 Å². The fourth-order valence-electron chi connectivity index (χ4n) is 3.82. The number of nitrogens with zero attached hydrogens (tertiary/aromatic N) is 4. The molecule has 0 aromatic heterocycles. The van der Waals surface area contributed by atoms with Crippen molar-refractivity contribution in [2.45, 2.75) is 25.2 Å². The number of hydrogen-bond donors (Lipinski definition) is 2. The molecule has 0 unspecified atom stereocenters. The van der Waals surface area contributed by atoms with E-state index in [9.17, 15) is 10.2 Å². The predicted molar refractivity (Wildman–Crippen MR) is 123 cm³/mol. The molecule has 1 aliphatic rings. The Balaban J connectivity index is 1.35. The molecular formula is C25H30N4O4. The van der Waals surface area contributed by atoms with E-state index in [1.54, 1.807) is 48.5 Å². The highest BCUT2D eigenvalue weighted by Gasteiger charge is 2.26. The number of ether oxygens (including phenoxy) is 2. The van der Waals surface area contributed by atoms with Gasteiger partial charge in [-0.1, -0.05) is 0 Å². The average molecular weight is 451 g/mol. The summed E-state index contributed by atoms with van der Waals surface area (Å²) in [7, 11) is 0. The molecule has 1 heterocycles. The van der Waals surface area contributed by atoms with E-state index in [0.29, 0.717) is 35.7 Å². The summed E-state index contributed by atoms with van der Waals surface area (Å²) in [5.41, 5.74) is 1.14. The van der Waals surface area contributed by atoms with E-state index in [1.165, 1.54) is 0 Å². The molecule has 174 valence electrons. The Morgan fingerprint density at radius 1 is 0.848 bits per heavy atom. The van der Waals surface area contributed by atoms with Crippen LogP contribution in [-0.4, -0.2) is 84.2 Å². The van der Waals surface area contributed by atoms with Gasteiger partial charge in [-0.05, 0) is 55.5 Å². The second-order valence-corrected chi connectivity index (χ2v) is 8.31. The van der Waals surface area contributed by atoms with Crippen LogP contribution in [-0.2, 0) is 0 Å². The second-order valence-electron chi connectivity index (χ2n) is 8.31. The number of benzene rings is 2. The third-order valence-corrected chi connectivity index (χ3v) is 5.62. The number of rotatable bonds is 10. The first-order valence-corrected chi connectivity index (χ1v) is 11.0. The standard InChI is InChI=1S/C25H30N4O4/c1-19-14-28(15-22(30)17-32-24-6-2-20(12-26)3-7-24)10-11-29(19)16-23(31)18-33-25-8-4-21(13-27)5-9-25/h2-9,19,22-23,30-31H,10-11,14-18H2,1H3/t19-,22-,23-/m1/s1. The molecule has 0 radical (unpaired) electrons. The number of piperazine rings is 1. The maximum atomic E-state index is 10.4. The first-order chi connectivity index (χ1) is 16.0. The van der Waals surface area contributed by atoms with Crippen molar-refractivity contribution in [1.82, 2.24) is 9.80 Å². The summed E-state index contributed by atoms with van der Waals surface area (Å²) < 4.78 is 11.3. The van der Waals surface area contributed by atoms with Gasteiger partial charge in [-0.2, -0.15) is 10.5 Å². The van der Waals surface area contributed by atoms with Gasteiger partial charge in [0.05, 0.1) is 23.3 Å². The van der Waals surface area contributed by atoms with E-state index < -0.39 is 12.2 Å². The molecule has 1 aliphatic heterocycles. The van der Waals surface area contributed by atoms with Gasteiger partial charge >= 0.3 is 0 Å². The van der Waals surface area contributed by atoms with Gasteiger partial charge in [0.25, 0.3) is 0 Å². The highest BCUT2D eigenvalue weighted by molar-refractivity contribution is 5.35. The summed E-state index contributed by atoms with van der Waals surface area (Å²) in [6.45, 7) is 5.88. The number of β-amino-alcohol motifs (C(OH)–C–C–N with tert-alkyl or cyclic N) is 2. The molecule has 8 nitrogen and oxygen atoms in total. The lowest BCUT2D eigenvalue weighted by molar-refractivity contribution is 0.00244. The summed E-state index contributed by atoms with van der Waals surface area (Å²) in [5.74, 6) is 1.26. The van der Waals surface area contributed by atoms with E-state index in [1.807, 2.05) is 0 Å². The minimum absolute atomic E-state index is 0.185. The van der Waals surface area contributed by atoms with Gasteiger partial charge in [0.15, 0.2) is 0 Å². The molecular weight excluding hydrogens is 420 g/mol. The molecule has 3 rings (SSSR count). The average Bonchev–Trinajstić information content (AvgIpc) is 2.84. The zero-order valence-electron chi connectivity index (χ0n) is 18.8. The number of nitriles is 2. The zero-order chi connectivity index (χ0) is 23.6. The van der Waals surface area contributed by atoms with Crippen LogP contribution in [0.5, 0.6) is 11.5 Å². The second kappa shape index (κ2) is 12.2. The first kappa shape index (κ1) is 24.5. The topological polar surface area (TPSA) is 113 Å². The van der Waals surface area contributed by atoms with E-state index in [-0.39, 0.29) is 19.3 Å². The van der Waals surface area contributed by atoms with E-state index in [4.69, 9.17) is 20.0 Å². The molecule has 0 amide bonds. The summed E-state index contributed by atoms with van der Waals surface area (Å²) in [4.78, 5) is 4.43. The Morgan fingerprint density at radius 3 is 1.79 bits per heavy atom. The summed E-state index contributed by atoms with van der Waals surface area (Å²) in [6.07, 6.45) is -1.24. The molecule has 1 fully saturated rings. The van der Waals surface area contributed by atoms with Crippen LogP contribution >= 0.6 is 0 Å². The maximum Gasteiger partial charge on any atom is 0.119 e. The van der Waals surface area contributed by atoms with Gasteiger partial charge in [-0.15, -0.1) is 0 Å². The molecule has 0 saturated carbocycles. The van der Waals surface area contributed by atoms with Gasteiger partial charge in [-0.3, -0.25) is 9.80 Å². The largest absolute Gasteiger partial charge is 0.491 e. The van der Waals surface area contributed by atoms with Crippen molar-refractivity contribution in [2.24, 2.45) is 0 Å². The summed E-state index contributed by atoms with van der Waals surface area (Å²) >= 11 is 0. The van der Waals surface area contributed by atoms with Crippen LogP contribution < -0.4 is 9.47 Å². The fourth-order valence-corrected chi connectivity index (χ4v) is 3.82. The van der Waals surface area contributed by atoms with Crippen molar-refractivity contribution in [3.63, 3.8) is 0 Å². The summed E-state index contributed by atoms with van der Waals surface area (Å²) in [5, 5.41) is 38.4. The third-order valence-electron chi connectivity index (χ3n) is 5.62. The monoisotopic (exact) mass is 450 g/mol. The van der Waals surface area contributed by atoms with Crippen LogP contribution in [0.1, 0.15) is 18.1 Å². The molecule has 2 aromatic carbocycles. The van der Waals surface area contributed by atoms with Crippen molar-refractivity contribution in [3.05, 3.63) is 59.7 Å². The maximum absolute atomic E-state index is 10.4. The first-order valence-electron chi connectivity index (χ1n) is 11.0. The number of aliphatic hydroxyl groups excluding tert-OH is 2. The van der Waals surface area contributed by atoms with Gasteiger partial charge in [0.1, 0.15) is 36.9 Å². The van der Waals surface area contributed by atoms with Gasteiger partial charge < -0.3 is 19.7 Å². The van der Waals surface area contributed by atoms with Crippen LogP contribution in [0, 0.1) is 22.7 Å². The van der Waals surface area contributed by atoms with Crippen molar-refractivity contribution in [1.29, 1.82) is 10.5 Å². The van der Waals surface area contributed by atoms with E-state index >= 15 is 0 Å². The molecule has 8 heteroatoms. The van der Waals surface area contributed by atoms with Crippen LogP contribution in [0.25, 0.3) is 0 Å². The minimum atomic E-state index is -0.624. The molecule has 0 spiro atoms. The van der Waals surface area contributed by atoms with Crippen molar-refractivity contribution in [2.75, 3.05) is 45.9 Å². The normalized spacial score (nSPS) is 18.6. The van der Waals surface area contributed by atoms with Crippen LogP contribution in [0.15, 0.2) is 48.5 Å². The molecule has 0 bridgehead atoms. The third kappa shape index (κ3) is 7.74. The van der Waals surface area contributed by atoms with Crippen molar-refractivity contribution in [3.8, 4) is 23.6 Å². The van der Waals surface area contributed by atoms with E-state index in [0.717, 1.165) is 19.6 Å². The number of hydrogen-bond acceptors (Lipinski definition) is 8. The summed E-state index contributed by atoms with van der Waals surface area (Å²) in [6, 6.07) is 18.0.